The molecule has 1 N–H and O–H groups in total. The number of nitrogens with zero attached hydrogens (tertiary/aromatic N) is 2. The van der Waals surface area contributed by atoms with Crippen LogP contribution < -0.4 is 4.74 Å². The lowest BCUT2D eigenvalue weighted by molar-refractivity contribution is 0.214. The largest absolute Gasteiger partial charge is 0.481 e. The van der Waals surface area contributed by atoms with Crippen LogP contribution in [0, 0.1) is 0 Å². The summed E-state index contributed by atoms with van der Waals surface area (Å²) in [5.74, 6) is 0.440. The van der Waals surface area contributed by atoms with Crippen LogP contribution in [-0.4, -0.2) is 22.2 Å². The second-order valence-electron chi connectivity index (χ2n) is 3.06. The number of ether oxygens (including phenoxy) is 1. The van der Waals surface area contributed by atoms with Crippen LogP contribution in [0.25, 0.3) is 0 Å². The number of methoxy groups -OCH3 is 1. The zero-order valence-electron chi connectivity index (χ0n) is 8.42. The van der Waals surface area contributed by atoms with Gasteiger partial charge in [0.1, 0.15) is 12.4 Å². The summed E-state index contributed by atoms with van der Waals surface area (Å²) in [7, 11) is 1.53. The minimum absolute atomic E-state index is 0.440. The van der Waals surface area contributed by atoms with Gasteiger partial charge in [-0.05, 0) is 21.3 Å². The Bertz CT molecular complexity index is 489. The van der Waals surface area contributed by atoms with Gasteiger partial charge in [0.05, 0.1) is 12.8 Å². The maximum atomic E-state index is 10.1. The topological polar surface area (TPSA) is 55.2 Å². The number of aliphatic hydroxyl groups is 1. The lowest BCUT2D eigenvalue weighted by atomic mass is 10.1. The van der Waals surface area contributed by atoms with Gasteiger partial charge >= 0.3 is 0 Å². The van der Waals surface area contributed by atoms with Crippen molar-refractivity contribution >= 4 is 27.3 Å². The second-order valence-corrected chi connectivity index (χ2v) is 4.66. The third-order valence-electron chi connectivity index (χ3n) is 2.09. The van der Waals surface area contributed by atoms with Crippen LogP contribution in [0.5, 0.6) is 5.88 Å². The first-order valence-corrected chi connectivity index (χ1v) is 6.21. The molecule has 0 aliphatic rings. The number of halogens is 1. The monoisotopic (exact) mass is 300 g/mol. The molecule has 2 aromatic rings. The van der Waals surface area contributed by atoms with Crippen molar-refractivity contribution in [3.8, 4) is 5.88 Å². The Morgan fingerprint density at radius 1 is 1.44 bits per heavy atom. The SMILES string of the molecule is COc1cc(C(O)c2cscc2Br)ncn1. The van der Waals surface area contributed by atoms with E-state index in [1.54, 1.807) is 6.07 Å². The fraction of sp³-hybridized carbons (Fsp3) is 0.200. The molecule has 0 fully saturated rings. The minimum atomic E-state index is -0.766. The molecule has 84 valence electrons. The normalized spacial score (nSPS) is 12.4. The van der Waals surface area contributed by atoms with Crippen molar-refractivity contribution in [2.24, 2.45) is 0 Å². The maximum Gasteiger partial charge on any atom is 0.216 e. The van der Waals surface area contributed by atoms with E-state index in [1.807, 2.05) is 10.8 Å². The van der Waals surface area contributed by atoms with Gasteiger partial charge in [-0.1, -0.05) is 0 Å². The molecule has 16 heavy (non-hydrogen) atoms. The molecule has 0 saturated heterocycles. The van der Waals surface area contributed by atoms with Gasteiger partial charge in [0.2, 0.25) is 5.88 Å². The summed E-state index contributed by atoms with van der Waals surface area (Å²) in [6, 6.07) is 1.62. The predicted octanol–water partition coefficient (Wildman–Crippen LogP) is 2.39. The molecule has 4 nitrogen and oxygen atoms in total. The van der Waals surface area contributed by atoms with Gasteiger partial charge in [-0.15, -0.1) is 0 Å². The molecule has 2 rings (SSSR count). The standard InChI is InChI=1S/C10H9BrN2O2S/c1-15-9-2-8(12-5-13-9)10(14)6-3-16-4-7(6)11/h2-5,10,14H,1H3. The maximum absolute atomic E-state index is 10.1. The number of aliphatic hydroxyl groups excluding tert-OH is 1. The number of thiophene rings is 1. The fourth-order valence-corrected chi connectivity index (χ4v) is 2.79. The smallest absolute Gasteiger partial charge is 0.216 e. The van der Waals surface area contributed by atoms with Crippen LogP contribution in [0.1, 0.15) is 17.4 Å². The average molecular weight is 301 g/mol. The van der Waals surface area contributed by atoms with Crippen LogP contribution in [0.15, 0.2) is 27.6 Å². The number of hydrogen-bond donors (Lipinski definition) is 1. The molecule has 0 amide bonds. The highest BCUT2D eigenvalue weighted by molar-refractivity contribution is 9.10. The summed E-state index contributed by atoms with van der Waals surface area (Å²) in [4.78, 5) is 7.92. The summed E-state index contributed by atoms with van der Waals surface area (Å²) in [5.41, 5.74) is 1.32. The van der Waals surface area contributed by atoms with E-state index in [-0.39, 0.29) is 0 Å². The van der Waals surface area contributed by atoms with Crippen molar-refractivity contribution < 1.29 is 9.84 Å². The third-order valence-corrected chi connectivity index (χ3v) is 3.84. The second kappa shape index (κ2) is 4.90. The highest BCUT2D eigenvalue weighted by atomic mass is 79.9. The van der Waals surface area contributed by atoms with Crippen molar-refractivity contribution in [2.45, 2.75) is 6.10 Å². The highest BCUT2D eigenvalue weighted by Gasteiger charge is 2.16. The Balaban J connectivity index is 2.33. The van der Waals surface area contributed by atoms with Crippen LogP contribution in [-0.2, 0) is 0 Å². The van der Waals surface area contributed by atoms with Gasteiger partial charge < -0.3 is 9.84 Å². The first-order valence-electron chi connectivity index (χ1n) is 4.48. The lowest BCUT2D eigenvalue weighted by Gasteiger charge is -2.09. The predicted molar refractivity (Wildman–Crippen MR) is 64.7 cm³/mol. The third kappa shape index (κ3) is 2.23. The van der Waals surface area contributed by atoms with E-state index in [9.17, 15) is 5.11 Å². The molecule has 0 spiro atoms. The Kier molecular flexibility index (Phi) is 3.52. The summed E-state index contributed by atoms with van der Waals surface area (Å²) in [6.45, 7) is 0. The molecular formula is C10H9BrN2O2S. The van der Waals surface area contributed by atoms with E-state index < -0.39 is 6.10 Å². The average Bonchev–Trinajstić information content (AvgIpc) is 2.74. The van der Waals surface area contributed by atoms with E-state index in [0.29, 0.717) is 11.6 Å². The first-order chi connectivity index (χ1) is 7.72. The fourth-order valence-electron chi connectivity index (χ4n) is 1.26. The van der Waals surface area contributed by atoms with Gasteiger partial charge in [-0.2, -0.15) is 11.3 Å². The van der Waals surface area contributed by atoms with E-state index in [2.05, 4.69) is 25.9 Å². The Morgan fingerprint density at radius 2 is 2.25 bits per heavy atom. The lowest BCUT2D eigenvalue weighted by Crippen LogP contribution is -2.03. The molecule has 1 atom stereocenters. The Labute approximate surface area is 105 Å². The number of rotatable bonds is 3. The molecule has 0 saturated carbocycles. The number of hydrogen-bond acceptors (Lipinski definition) is 5. The van der Waals surface area contributed by atoms with Crippen molar-refractivity contribution in [1.82, 2.24) is 9.97 Å². The quantitative estimate of drug-likeness (QED) is 0.946. The molecule has 2 aromatic heterocycles. The van der Waals surface area contributed by atoms with Gasteiger partial charge in [0.15, 0.2) is 0 Å². The molecular weight excluding hydrogens is 292 g/mol. The van der Waals surface area contributed by atoms with Gasteiger partial charge in [-0.25, -0.2) is 9.97 Å². The van der Waals surface area contributed by atoms with Gasteiger partial charge in [-0.3, -0.25) is 0 Å². The minimum Gasteiger partial charge on any atom is -0.481 e. The first kappa shape index (κ1) is 11.5. The molecule has 6 heteroatoms. The molecule has 0 aliphatic heterocycles. The van der Waals surface area contributed by atoms with E-state index in [1.165, 1.54) is 24.8 Å². The van der Waals surface area contributed by atoms with Crippen molar-refractivity contribution in [3.05, 3.63) is 38.9 Å². The molecule has 1 unspecified atom stereocenters. The van der Waals surface area contributed by atoms with Crippen LogP contribution >= 0.6 is 27.3 Å². The molecule has 0 aromatic carbocycles. The van der Waals surface area contributed by atoms with Crippen LogP contribution in [0.3, 0.4) is 0 Å². The Morgan fingerprint density at radius 3 is 2.88 bits per heavy atom. The summed E-state index contributed by atoms with van der Waals surface area (Å²) in [6.07, 6.45) is 0.606. The summed E-state index contributed by atoms with van der Waals surface area (Å²) >= 11 is 4.89. The molecule has 2 heterocycles. The number of aromatic nitrogens is 2. The van der Waals surface area contributed by atoms with Crippen molar-refractivity contribution in [2.75, 3.05) is 7.11 Å². The van der Waals surface area contributed by atoms with Crippen LogP contribution in [0.4, 0.5) is 0 Å². The van der Waals surface area contributed by atoms with Crippen LogP contribution in [0.2, 0.25) is 0 Å². The van der Waals surface area contributed by atoms with E-state index in [4.69, 9.17) is 4.74 Å². The molecule has 0 radical (unpaired) electrons. The van der Waals surface area contributed by atoms with E-state index in [0.717, 1.165) is 10.0 Å². The van der Waals surface area contributed by atoms with Crippen molar-refractivity contribution in [3.63, 3.8) is 0 Å². The Hall–Kier alpha value is -0.980. The van der Waals surface area contributed by atoms with Crippen molar-refractivity contribution in [1.29, 1.82) is 0 Å². The molecule has 0 bridgehead atoms. The summed E-state index contributed by atoms with van der Waals surface area (Å²) < 4.78 is 5.86. The summed E-state index contributed by atoms with van der Waals surface area (Å²) in [5, 5.41) is 13.9. The van der Waals surface area contributed by atoms with Gasteiger partial charge in [0.25, 0.3) is 0 Å². The van der Waals surface area contributed by atoms with Gasteiger partial charge in [0, 0.05) is 21.5 Å². The zero-order valence-corrected chi connectivity index (χ0v) is 10.8. The highest BCUT2D eigenvalue weighted by Crippen LogP contribution is 2.31. The molecule has 0 aliphatic carbocycles. The zero-order chi connectivity index (χ0) is 11.5. The van der Waals surface area contributed by atoms with E-state index >= 15 is 0 Å².